The Morgan fingerprint density at radius 1 is 1.11 bits per heavy atom. The van der Waals surface area contributed by atoms with E-state index < -0.39 is 0 Å². The van der Waals surface area contributed by atoms with Crippen LogP contribution >= 0.6 is 0 Å². The summed E-state index contributed by atoms with van der Waals surface area (Å²) in [7, 11) is 0. The lowest BCUT2D eigenvalue weighted by atomic mass is 10.1. The fraction of sp³-hybridized carbons (Fsp3) is 0.667. The molecule has 1 fully saturated rings. The van der Waals surface area contributed by atoms with Crippen molar-refractivity contribution in [3.63, 3.8) is 0 Å². The largest absolute Gasteiger partial charge is 0.473 e. The fourth-order valence-corrected chi connectivity index (χ4v) is 2.41. The summed E-state index contributed by atoms with van der Waals surface area (Å²) in [6, 6.07) is 3.91. The average Bonchev–Trinajstić information content (AvgIpc) is 2.31. The van der Waals surface area contributed by atoms with Gasteiger partial charge in [0.15, 0.2) is 0 Å². The van der Waals surface area contributed by atoms with Crippen molar-refractivity contribution in [2.75, 3.05) is 23.7 Å². The lowest BCUT2D eigenvalue weighted by Crippen LogP contribution is -2.28. The maximum atomic E-state index is 5.92. The Bertz CT molecular complexity index is 398. The SMILES string of the molecule is CC(C)Oc1nc(N2CCCCCCC2)ccc1N. The second kappa shape index (κ2) is 6.64. The van der Waals surface area contributed by atoms with Crippen LogP contribution in [0.4, 0.5) is 11.5 Å². The number of hydrogen-bond acceptors (Lipinski definition) is 4. The maximum Gasteiger partial charge on any atom is 0.239 e. The summed E-state index contributed by atoms with van der Waals surface area (Å²) in [5.74, 6) is 1.56. The van der Waals surface area contributed by atoms with Gasteiger partial charge in [-0.05, 0) is 38.8 Å². The van der Waals surface area contributed by atoms with Crippen molar-refractivity contribution in [1.29, 1.82) is 0 Å². The fourth-order valence-electron chi connectivity index (χ4n) is 2.41. The molecule has 1 aliphatic rings. The van der Waals surface area contributed by atoms with Crippen LogP contribution in [0.25, 0.3) is 0 Å². The Balaban J connectivity index is 2.13. The minimum Gasteiger partial charge on any atom is -0.473 e. The van der Waals surface area contributed by atoms with E-state index in [4.69, 9.17) is 10.5 Å². The summed E-state index contributed by atoms with van der Waals surface area (Å²) in [4.78, 5) is 6.94. The molecule has 0 bridgehead atoms. The molecule has 0 aromatic carbocycles. The van der Waals surface area contributed by atoms with Gasteiger partial charge < -0.3 is 15.4 Å². The molecule has 0 aliphatic carbocycles. The van der Waals surface area contributed by atoms with E-state index in [1.165, 1.54) is 32.1 Å². The first kappa shape index (κ1) is 14.0. The number of hydrogen-bond donors (Lipinski definition) is 1. The highest BCUT2D eigenvalue weighted by atomic mass is 16.5. The Labute approximate surface area is 116 Å². The molecule has 0 radical (unpaired) electrons. The number of pyridine rings is 1. The first-order valence-electron chi connectivity index (χ1n) is 7.35. The number of ether oxygens (including phenoxy) is 1. The van der Waals surface area contributed by atoms with Crippen LogP contribution in [0.2, 0.25) is 0 Å². The lowest BCUT2D eigenvalue weighted by molar-refractivity contribution is 0.234. The Kier molecular flexibility index (Phi) is 4.88. The van der Waals surface area contributed by atoms with Crippen LogP contribution in [0.3, 0.4) is 0 Å². The summed E-state index contributed by atoms with van der Waals surface area (Å²) in [5, 5.41) is 0. The molecule has 0 atom stereocenters. The van der Waals surface area contributed by atoms with Crippen LogP contribution in [0, 0.1) is 0 Å². The average molecular weight is 263 g/mol. The third kappa shape index (κ3) is 4.01. The zero-order chi connectivity index (χ0) is 13.7. The minimum absolute atomic E-state index is 0.0948. The molecule has 2 N–H and O–H groups in total. The van der Waals surface area contributed by atoms with E-state index in [1.54, 1.807) is 0 Å². The van der Waals surface area contributed by atoms with Gasteiger partial charge in [-0.3, -0.25) is 0 Å². The molecule has 1 aromatic heterocycles. The first-order valence-corrected chi connectivity index (χ1v) is 7.35. The highest BCUT2D eigenvalue weighted by Crippen LogP contribution is 2.25. The molecule has 0 saturated carbocycles. The van der Waals surface area contributed by atoms with Crippen LogP contribution < -0.4 is 15.4 Å². The van der Waals surface area contributed by atoms with Gasteiger partial charge in [0.25, 0.3) is 0 Å². The molecule has 0 spiro atoms. The molecule has 2 heterocycles. The van der Waals surface area contributed by atoms with Gasteiger partial charge in [0.1, 0.15) is 5.82 Å². The van der Waals surface area contributed by atoms with Crippen molar-refractivity contribution in [1.82, 2.24) is 4.98 Å². The topological polar surface area (TPSA) is 51.4 Å². The normalized spacial score (nSPS) is 17.1. The second-order valence-electron chi connectivity index (χ2n) is 5.49. The van der Waals surface area contributed by atoms with Crippen LogP contribution in [-0.2, 0) is 0 Å². The van der Waals surface area contributed by atoms with E-state index >= 15 is 0 Å². The molecule has 19 heavy (non-hydrogen) atoms. The van der Waals surface area contributed by atoms with Crippen molar-refractivity contribution in [3.05, 3.63) is 12.1 Å². The van der Waals surface area contributed by atoms with E-state index in [0.29, 0.717) is 11.6 Å². The monoisotopic (exact) mass is 263 g/mol. The molecule has 106 valence electrons. The van der Waals surface area contributed by atoms with Crippen molar-refractivity contribution in [2.24, 2.45) is 0 Å². The van der Waals surface area contributed by atoms with Crippen LogP contribution in [0.5, 0.6) is 5.88 Å². The minimum atomic E-state index is 0.0948. The summed E-state index contributed by atoms with van der Waals surface area (Å²) < 4.78 is 5.67. The lowest BCUT2D eigenvalue weighted by Gasteiger charge is -2.26. The van der Waals surface area contributed by atoms with Gasteiger partial charge >= 0.3 is 0 Å². The number of nitrogens with two attached hydrogens (primary N) is 1. The van der Waals surface area contributed by atoms with Crippen molar-refractivity contribution < 1.29 is 4.74 Å². The molecule has 1 saturated heterocycles. The third-order valence-electron chi connectivity index (χ3n) is 3.40. The molecular weight excluding hydrogens is 238 g/mol. The predicted molar refractivity (Wildman–Crippen MR) is 79.7 cm³/mol. The molecule has 4 heteroatoms. The second-order valence-corrected chi connectivity index (χ2v) is 5.49. The van der Waals surface area contributed by atoms with E-state index in [2.05, 4.69) is 9.88 Å². The van der Waals surface area contributed by atoms with Gasteiger partial charge in [-0.25, -0.2) is 0 Å². The third-order valence-corrected chi connectivity index (χ3v) is 3.40. The molecule has 1 aliphatic heterocycles. The van der Waals surface area contributed by atoms with Crippen molar-refractivity contribution in [2.45, 2.75) is 52.1 Å². The summed E-state index contributed by atoms with van der Waals surface area (Å²) in [6.07, 6.45) is 6.59. The molecule has 2 rings (SSSR count). The van der Waals surface area contributed by atoms with Gasteiger partial charge in [-0.2, -0.15) is 4.98 Å². The number of aromatic nitrogens is 1. The maximum absolute atomic E-state index is 5.92. The van der Waals surface area contributed by atoms with Gasteiger partial charge in [-0.15, -0.1) is 0 Å². The summed E-state index contributed by atoms with van der Waals surface area (Å²) in [6.45, 7) is 6.14. The van der Waals surface area contributed by atoms with Crippen LogP contribution in [0.1, 0.15) is 46.0 Å². The highest BCUT2D eigenvalue weighted by Gasteiger charge is 2.13. The molecule has 0 unspecified atom stereocenters. The molecule has 4 nitrogen and oxygen atoms in total. The van der Waals surface area contributed by atoms with E-state index in [0.717, 1.165) is 18.9 Å². The Morgan fingerprint density at radius 3 is 2.37 bits per heavy atom. The Hall–Kier alpha value is -1.45. The number of rotatable bonds is 3. The van der Waals surface area contributed by atoms with Crippen molar-refractivity contribution >= 4 is 11.5 Å². The first-order chi connectivity index (χ1) is 9.16. The van der Waals surface area contributed by atoms with Crippen LogP contribution in [0.15, 0.2) is 12.1 Å². The summed E-state index contributed by atoms with van der Waals surface area (Å²) >= 11 is 0. The number of anilines is 2. The molecular formula is C15H25N3O. The van der Waals surface area contributed by atoms with Crippen LogP contribution in [-0.4, -0.2) is 24.2 Å². The standard InChI is InChI=1S/C15H25N3O/c1-12(2)19-15-13(16)8-9-14(17-15)18-10-6-4-3-5-7-11-18/h8-9,12H,3-7,10-11,16H2,1-2H3. The number of nitrogens with zero attached hydrogens (tertiary/aromatic N) is 2. The molecule has 0 amide bonds. The van der Waals surface area contributed by atoms with Gasteiger partial charge in [0, 0.05) is 13.1 Å². The zero-order valence-electron chi connectivity index (χ0n) is 12.1. The van der Waals surface area contributed by atoms with Crippen molar-refractivity contribution in [3.8, 4) is 5.88 Å². The smallest absolute Gasteiger partial charge is 0.239 e. The van der Waals surface area contributed by atoms with Gasteiger partial charge in [-0.1, -0.05) is 19.3 Å². The number of nitrogen functional groups attached to an aromatic ring is 1. The Morgan fingerprint density at radius 2 is 1.74 bits per heavy atom. The quantitative estimate of drug-likeness (QED) is 0.909. The zero-order valence-corrected chi connectivity index (χ0v) is 12.1. The van der Waals surface area contributed by atoms with Gasteiger partial charge in [0.2, 0.25) is 5.88 Å². The summed E-state index contributed by atoms with van der Waals surface area (Å²) in [5.41, 5.74) is 6.53. The predicted octanol–water partition coefficient (Wildman–Crippen LogP) is 3.22. The van der Waals surface area contributed by atoms with Gasteiger partial charge in [0.05, 0.1) is 11.8 Å². The van der Waals surface area contributed by atoms with E-state index in [1.807, 2.05) is 26.0 Å². The highest BCUT2D eigenvalue weighted by molar-refractivity contribution is 5.54. The van der Waals surface area contributed by atoms with E-state index in [9.17, 15) is 0 Å². The van der Waals surface area contributed by atoms with E-state index in [-0.39, 0.29) is 6.10 Å². The molecule has 1 aromatic rings.